The fraction of sp³-hybridized carbons (Fsp3) is 0.316. The average molecular weight is 312 g/mol. The number of benzene rings is 2. The van der Waals surface area contributed by atoms with E-state index in [0.717, 1.165) is 11.3 Å². The van der Waals surface area contributed by atoms with Crippen LogP contribution >= 0.6 is 0 Å². The molecule has 3 N–H and O–H groups in total. The molecule has 2 rings (SSSR count). The Morgan fingerprint density at radius 3 is 2.57 bits per heavy atom. The second kappa shape index (κ2) is 8.22. The van der Waals surface area contributed by atoms with Crippen LogP contribution in [-0.4, -0.2) is 12.5 Å². The van der Waals surface area contributed by atoms with Gasteiger partial charge in [-0.2, -0.15) is 0 Å². The highest BCUT2D eigenvalue weighted by Crippen LogP contribution is 2.24. The first kappa shape index (κ1) is 16.9. The lowest BCUT2D eigenvalue weighted by molar-refractivity contribution is -0.116. The van der Waals surface area contributed by atoms with Gasteiger partial charge in [0.1, 0.15) is 5.75 Å². The van der Waals surface area contributed by atoms with Crippen molar-refractivity contribution in [2.24, 2.45) is 5.92 Å². The number of nitrogens with one attached hydrogen (secondary N) is 1. The summed E-state index contributed by atoms with van der Waals surface area (Å²) in [5, 5.41) is 2.92. The summed E-state index contributed by atoms with van der Waals surface area (Å²) in [6.45, 7) is 4.80. The third-order valence-electron chi connectivity index (χ3n) is 3.41. The molecule has 0 fully saturated rings. The summed E-state index contributed by atoms with van der Waals surface area (Å²) >= 11 is 0. The summed E-state index contributed by atoms with van der Waals surface area (Å²) < 4.78 is 5.75. The third-order valence-corrected chi connectivity index (χ3v) is 3.41. The van der Waals surface area contributed by atoms with Gasteiger partial charge in [-0.1, -0.05) is 44.2 Å². The predicted octanol–water partition coefficient (Wildman–Crippen LogP) is 3.87. The van der Waals surface area contributed by atoms with Crippen LogP contribution in [0.4, 0.5) is 11.4 Å². The minimum absolute atomic E-state index is 0.0474. The molecule has 2 aromatic rings. The molecule has 122 valence electrons. The van der Waals surface area contributed by atoms with E-state index in [1.165, 1.54) is 0 Å². The van der Waals surface area contributed by atoms with Crippen molar-refractivity contribution in [1.29, 1.82) is 0 Å². The number of ether oxygens (including phenoxy) is 1. The maximum absolute atomic E-state index is 12.2. The second-order valence-corrected chi connectivity index (χ2v) is 5.95. The van der Waals surface area contributed by atoms with Gasteiger partial charge in [-0.05, 0) is 36.1 Å². The van der Waals surface area contributed by atoms with Gasteiger partial charge in [0.25, 0.3) is 0 Å². The molecular weight excluding hydrogens is 288 g/mol. The van der Waals surface area contributed by atoms with Gasteiger partial charge in [0.15, 0.2) is 0 Å². The molecular formula is C19H24N2O2. The summed E-state index contributed by atoms with van der Waals surface area (Å²) in [7, 11) is 0. The van der Waals surface area contributed by atoms with Gasteiger partial charge in [0, 0.05) is 12.1 Å². The molecule has 0 heterocycles. The number of para-hydroxylation sites is 3. The predicted molar refractivity (Wildman–Crippen MR) is 94.6 cm³/mol. The molecule has 0 unspecified atom stereocenters. The Bertz CT molecular complexity index is 653. The van der Waals surface area contributed by atoms with Crippen LogP contribution in [0.5, 0.6) is 5.75 Å². The summed E-state index contributed by atoms with van der Waals surface area (Å²) in [4.78, 5) is 12.2. The molecule has 2 aromatic carbocycles. The molecule has 23 heavy (non-hydrogen) atoms. The smallest absolute Gasteiger partial charge is 0.224 e. The Balaban J connectivity index is 1.94. The summed E-state index contributed by atoms with van der Waals surface area (Å²) in [6, 6.07) is 15.1. The van der Waals surface area contributed by atoms with Gasteiger partial charge >= 0.3 is 0 Å². The number of carbonyl (C=O) groups excluding carboxylic acids is 1. The van der Waals surface area contributed by atoms with Crippen LogP contribution in [-0.2, 0) is 11.2 Å². The van der Waals surface area contributed by atoms with E-state index in [9.17, 15) is 4.79 Å². The van der Waals surface area contributed by atoms with Gasteiger partial charge in [-0.3, -0.25) is 4.79 Å². The molecule has 0 aliphatic rings. The van der Waals surface area contributed by atoms with E-state index in [2.05, 4.69) is 19.2 Å². The minimum atomic E-state index is -0.0474. The van der Waals surface area contributed by atoms with E-state index < -0.39 is 0 Å². The number of amides is 1. The van der Waals surface area contributed by atoms with Crippen LogP contribution in [0.15, 0.2) is 48.5 Å². The largest absolute Gasteiger partial charge is 0.491 e. The quantitative estimate of drug-likeness (QED) is 0.763. The van der Waals surface area contributed by atoms with Gasteiger partial charge in [0.2, 0.25) is 5.91 Å². The zero-order chi connectivity index (χ0) is 16.7. The van der Waals surface area contributed by atoms with Crippen molar-refractivity contribution < 1.29 is 9.53 Å². The first-order chi connectivity index (χ1) is 11.1. The molecule has 0 saturated carbocycles. The Hall–Kier alpha value is -2.49. The van der Waals surface area contributed by atoms with Crippen molar-refractivity contribution in [1.82, 2.24) is 0 Å². The molecule has 1 amide bonds. The highest BCUT2D eigenvalue weighted by atomic mass is 16.5. The molecule has 4 heteroatoms. The molecule has 4 nitrogen and oxygen atoms in total. The Morgan fingerprint density at radius 1 is 1.13 bits per heavy atom. The topological polar surface area (TPSA) is 64.3 Å². The van der Waals surface area contributed by atoms with E-state index in [-0.39, 0.29) is 5.91 Å². The van der Waals surface area contributed by atoms with Crippen LogP contribution in [0.2, 0.25) is 0 Å². The van der Waals surface area contributed by atoms with E-state index in [1.54, 1.807) is 0 Å². The van der Waals surface area contributed by atoms with Crippen molar-refractivity contribution in [3.05, 3.63) is 54.1 Å². The Morgan fingerprint density at radius 2 is 1.83 bits per heavy atom. The lowest BCUT2D eigenvalue weighted by atomic mass is 10.1. The number of aryl methyl sites for hydroxylation is 1. The van der Waals surface area contributed by atoms with Crippen molar-refractivity contribution >= 4 is 17.3 Å². The highest BCUT2D eigenvalue weighted by Gasteiger charge is 2.09. The molecule has 0 radical (unpaired) electrons. The number of hydrogen-bond acceptors (Lipinski definition) is 3. The third kappa shape index (κ3) is 5.33. The van der Waals surface area contributed by atoms with E-state index in [4.69, 9.17) is 10.5 Å². The van der Waals surface area contributed by atoms with Crippen LogP contribution in [0.25, 0.3) is 0 Å². The molecule has 0 aliphatic carbocycles. The molecule has 0 atom stereocenters. The Labute approximate surface area is 137 Å². The lowest BCUT2D eigenvalue weighted by Crippen LogP contribution is -2.14. The van der Waals surface area contributed by atoms with E-state index in [1.807, 2.05) is 48.5 Å². The Kier molecular flexibility index (Phi) is 6.03. The normalized spacial score (nSPS) is 10.6. The molecule has 0 aliphatic heterocycles. The highest BCUT2D eigenvalue weighted by molar-refractivity contribution is 5.92. The number of carbonyl (C=O) groups is 1. The number of nitrogens with two attached hydrogens (primary N) is 1. The SMILES string of the molecule is CC(C)COc1ccccc1NC(=O)CCc1ccccc1N. The number of anilines is 2. The fourth-order valence-corrected chi connectivity index (χ4v) is 2.17. The monoisotopic (exact) mass is 312 g/mol. The molecule has 0 bridgehead atoms. The van der Waals surface area contributed by atoms with Crippen molar-refractivity contribution in [2.75, 3.05) is 17.7 Å². The number of hydrogen-bond donors (Lipinski definition) is 2. The molecule has 0 spiro atoms. The fourth-order valence-electron chi connectivity index (χ4n) is 2.17. The number of nitrogen functional groups attached to an aromatic ring is 1. The van der Waals surface area contributed by atoms with Crippen LogP contribution in [0.3, 0.4) is 0 Å². The minimum Gasteiger partial charge on any atom is -0.491 e. The van der Waals surface area contributed by atoms with Crippen LogP contribution in [0, 0.1) is 5.92 Å². The van der Waals surface area contributed by atoms with Gasteiger partial charge in [-0.15, -0.1) is 0 Å². The van der Waals surface area contributed by atoms with E-state index >= 15 is 0 Å². The number of rotatable bonds is 7. The molecule has 0 saturated heterocycles. The maximum atomic E-state index is 12.2. The summed E-state index contributed by atoms with van der Waals surface area (Å²) in [5.41, 5.74) is 8.32. The first-order valence-corrected chi connectivity index (χ1v) is 7.91. The van der Waals surface area contributed by atoms with Crippen LogP contribution in [0.1, 0.15) is 25.8 Å². The van der Waals surface area contributed by atoms with Gasteiger partial charge in [-0.25, -0.2) is 0 Å². The van der Waals surface area contributed by atoms with Crippen molar-refractivity contribution in [2.45, 2.75) is 26.7 Å². The van der Waals surface area contributed by atoms with E-state index in [0.29, 0.717) is 36.8 Å². The molecule has 0 aromatic heterocycles. The van der Waals surface area contributed by atoms with Crippen molar-refractivity contribution in [3.63, 3.8) is 0 Å². The average Bonchev–Trinajstić information content (AvgIpc) is 2.53. The second-order valence-electron chi connectivity index (χ2n) is 5.95. The van der Waals surface area contributed by atoms with Gasteiger partial charge in [0.05, 0.1) is 12.3 Å². The zero-order valence-corrected chi connectivity index (χ0v) is 13.7. The summed E-state index contributed by atoms with van der Waals surface area (Å²) in [5.74, 6) is 1.09. The van der Waals surface area contributed by atoms with Crippen molar-refractivity contribution in [3.8, 4) is 5.75 Å². The maximum Gasteiger partial charge on any atom is 0.224 e. The summed E-state index contributed by atoms with van der Waals surface area (Å²) in [6.07, 6.45) is 1.00. The lowest BCUT2D eigenvalue weighted by Gasteiger charge is -2.14. The van der Waals surface area contributed by atoms with Gasteiger partial charge < -0.3 is 15.8 Å². The first-order valence-electron chi connectivity index (χ1n) is 7.91. The zero-order valence-electron chi connectivity index (χ0n) is 13.7. The van der Waals surface area contributed by atoms with Crippen LogP contribution < -0.4 is 15.8 Å². The standard InChI is InChI=1S/C19H24N2O2/c1-14(2)13-23-18-10-6-5-9-17(18)21-19(22)12-11-15-7-3-4-8-16(15)20/h3-10,14H,11-13,20H2,1-2H3,(H,21,22).